The van der Waals surface area contributed by atoms with Crippen LogP contribution in [-0.2, 0) is 0 Å². The van der Waals surface area contributed by atoms with Crippen LogP contribution in [0.4, 0.5) is 0 Å². The molecule has 13 heavy (non-hydrogen) atoms. The summed E-state index contributed by atoms with van der Waals surface area (Å²) in [7, 11) is 2.10. The van der Waals surface area contributed by atoms with E-state index in [4.69, 9.17) is 6.42 Å². The van der Waals surface area contributed by atoms with Gasteiger partial charge in [-0.1, -0.05) is 38.5 Å². The number of rotatable bonds is 7. The monoisotopic (exact) mass is 181 g/mol. The molecule has 1 atom stereocenters. The molecule has 0 saturated carbocycles. The van der Waals surface area contributed by atoms with E-state index in [1.807, 2.05) is 0 Å². The van der Waals surface area contributed by atoms with Crippen molar-refractivity contribution in [2.45, 2.75) is 52.0 Å². The Morgan fingerprint density at radius 1 is 1.31 bits per heavy atom. The minimum Gasteiger partial charge on any atom is -0.293 e. The molecular weight excluding hydrogens is 158 g/mol. The van der Waals surface area contributed by atoms with Crippen molar-refractivity contribution in [3.05, 3.63) is 0 Å². The van der Waals surface area contributed by atoms with Gasteiger partial charge in [-0.3, -0.25) is 4.90 Å². The summed E-state index contributed by atoms with van der Waals surface area (Å²) < 4.78 is 0. The molecule has 0 heterocycles. The van der Waals surface area contributed by atoms with Gasteiger partial charge in [-0.2, -0.15) is 0 Å². The second kappa shape index (κ2) is 8.13. The topological polar surface area (TPSA) is 3.24 Å². The summed E-state index contributed by atoms with van der Waals surface area (Å²) in [6, 6.07) is 0.632. The van der Waals surface area contributed by atoms with E-state index in [-0.39, 0.29) is 0 Å². The standard InChI is InChI=1S/C12H23N/c1-5-7-8-9-10-12(3)13(4)11-6-2/h2,12H,5,7-11H2,1,3-4H3. The molecule has 0 aliphatic rings. The molecule has 76 valence electrons. The van der Waals surface area contributed by atoms with Gasteiger partial charge in [0.25, 0.3) is 0 Å². The van der Waals surface area contributed by atoms with E-state index in [9.17, 15) is 0 Å². The fraction of sp³-hybridized carbons (Fsp3) is 0.833. The van der Waals surface area contributed by atoms with Gasteiger partial charge < -0.3 is 0 Å². The van der Waals surface area contributed by atoms with E-state index in [1.165, 1.54) is 32.1 Å². The highest BCUT2D eigenvalue weighted by Gasteiger charge is 2.06. The van der Waals surface area contributed by atoms with Gasteiger partial charge in [0.2, 0.25) is 0 Å². The molecule has 1 unspecified atom stereocenters. The number of unbranched alkanes of at least 4 members (excludes halogenated alkanes) is 3. The summed E-state index contributed by atoms with van der Waals surface area (Å²) in [6.45, 7) is 5.27. The number of hydrogen-bond acceptors (Lipinski definition) is 1. The van der Waals surface area contributed by atoms with Gasteiger partial charge in [-0.15, -0.1) is 6.42 Å². The lowest BCUT2D eigenvalue weighted by atomic mass is 10.1. The molecule has 1 heteroatoms. The van der Waals surface area contributed by atoms with Crippen LogP contribution in [0.5, 0.6) is 0 Å². The van der Waals surface area contributed by atoms with Crippen molar-refractivity contribution in [3.63, 3.8) is 0 Å². The van der Waals surface area contributed by atoms with Crippen LogP contribution < -0.4 is 0 Å². The van der Waals surface area contributed by atoms with Gasteiger partial charge in [0.05, 0.1) is 6.54 Å². The van der Waals surface area contributed by atoms with Crippen LogP contribution in [0.2, 0.25) is 0 Å². The van der Waals surface area contributed by atoms with Gasteiger partial charge in [0.1, 0.15) is 0 Å². The molecule has 0 aromatic rings. The third kappa shape index (κ3) is 6.66. The number of terminal acetylenes is 1. The Bertz CT molecular complexity index is 146. The van der Waals surface area contributed by atoms with Gasteiger partial charge in [0.15, 0.2) is 0 Å². The maximum absolute atomic E-state index is 5.25. The third-order valence-electron chi connectivity index (χ3n) is 2.57. The van der Waals surface area contributed by atoms with E-state index < -0.39 is 0 Å². The first-order chi connectivity index (χ1) is 6.22. The van der Waals surface area contributed by atoms with Crippen molar-refractivity contribution in [2.24, 2.45) is 0 Å². The smallest absolute Gasteiger partial charge is 0.0598 e. The fourth-order valence-electron chi connectivity index (χ4n) is 1.39. The van der Waals surface area contributed by atoms with E-state index in [0.29, 0.717) is 6.04 Å². The molecule has 0 bridgehead atoms. The molecule has 0 aromatic carbocycles. The first-order valence-corrected chi connectivity index (χ1v) is 5.36. The highest BCUT2D eigenvalue weighted by Crippen LogP contribution is 2.08. The van der Waals surface area contributed by atoms with Crippen molar-refractivity contribution in [1.82, 2.24) is 4.90 Å². The van der Waals surface area contributed by atoms with Crippen LogP contribution >= 0.6 is 0 Å². The average Bonchev–Trinajstić information content (AvgIpc) is 2.12. The predicted octanol–water partition coefficient (Wildman–Crippen LogP) is 2.91. The van der Waals surface area contributed by atoms with Crippen molar-refractivity contribution >= 4 is 0 Å². The first kappa shape index (κ1) is 12.5. The molecule has 0 spiro atoms. The van der Waals surface area contributed by atoms with Gasteiger partial charge in [0, 0.05) is 6.04 Å². The summed E-state index contributed by atoms with van der Waals surface area (Å²) in [4.78, 5) is 2.24. The van der Waals surface area contributed by atoms with Crippen molar-refractivity contribution in [2.75, 3.05) is 13.6 Å². The van der Waals surface area contributed by atoms with E-state index in [2.05, 4.69) is 31.7 Å². The van der Waals surface area contributed by atoms with Crippen molar-refractivity contribution in [1.29, 1.82) is 0 Å². The Labute approximate surface area is 83.5 Å². The summed E-state index contributed by atoms with van der Waals surface area (Å²) in [5.41, 5.74) is 0. The molecule has 0 aliphatic heterocycles. The second-order valence-electron chi connectivity index (χ2n) is 3.82. The quantitative estimate of drug-likeness (QED) is 0.431. The van der Waals surface area contributed by atoms with Crippen LogP contribution in [0, 0.1) is 12.3 Å². The Balaban J connectivity index is 3.39. The van der Waals surface area contributed by atoms with Crippen LogP contribution in [0.1, 0.15) is 46.0 Å². The third-order valence-corrected chi connectivity index (χ3v) is 2.57. The van der Waals surface area contributed by atoms with Crippen LogP contribution in [0.25, 0.3) is 0 Å². The summed E-state index contributed by atoms with van der Waals surface area (Å²) in [5, 5.41) is 0. The highest BCUT2D eigenvalue weighted by atomic mass is 15.1. The molecule has 1 nitrogen and oxygen atoms in total. The van der Waals surface area contributed by atoms with Gasteiger partial charge >= 0.3 is 0 Å². The van der Waals surface area contributed by atoms with Crippen LogP contribution in [-0.4, -0.2) is 24.5 Å². The first-order valence-electron chi connectivity index (χ1n) is 5.36. The molecule has 0 N–H and O–H groups in total. The van der Waals surface area contributed by atoms with Crippen LogP contribution in [0.3, 0.4) is 0 Å². The lowest BCUT2D eigenvalue weighted by Gasteiger charge is -2.22. The Morgan fingerprint density at radius 2 is 2.00 bits per heavy atom. The van der Waals surface area contributed by atoms with E-state index in [0.717, 1.165) is 6.54 Å². The average molecular weight is 181 g/mol. The second-order valence-corrected chi connectivity index (χ2v) is 3.82. The molecule has 0 aliphatic carbocycles. The SMILES string of the molecule is C#CCN(C)C(C)CCCCCC. The molecule has 0 amide bonds. The maximum Gasteiger partial charge on any atom is 0.0598 e. The summed E-state index contributed by atoms with van der Waals surface area (Å²) in [5.74, 6) is 2.68. The van der Waals surface area contributed by atoms with E-state index in [1.54, 1.807) is 0 Å². The van der Waals surface area contributed by atoms with Crippen molar-refractivity contribution in [3.8, 4) is 12.3 Å². The minimum absolute atomic E-state index is 0.632. The normalized spacial score (nSPS) is 12.8. The number of nitrogens with zero attached hydrogens (tertiary/aromatic N) is 1. The van der Waals surface area contributed by atoms with Gasteiger partial charge in [-0.05, 0) is 20.4 Å². The zero-order chi connectivity index (χ0) is 10.1. The summed E-state index contributed by atoms with van der Waals surface area (Å²) >= 11 is 0. The Hall–Kier alpha value is -0.480. The maximum atomic E-state index is 5.25. The fourth-order valence-corrected chi connectivity index (χ4v) is 1.39. The molecular formula is C12H23N. The predicted molar refractivity (Wildman–Crippen MR) is 59.7 cm³/mol. The molecule has 0 fully saturated rings. The number of hydrogen-bond donors (Lipinski definition) is 0. The molecule has 0 radical (unpaired) electrons. The Morgan fingerprint density at radius 3 is 2.54 bits per heavy atom. The van der Waals surface area contributed by atoms with E-state index >= 15 is 0 Å². The molecule has 0 saturated heterocycles. The highest BCUT2D eigenvalue weighted by molar-refractivity contribution is 4.88. The van der Waals surface area contributed by atoms with Crippen LogP contribution in [0.15, 0.2) is 0 Å². The lowest BCUT2D eigenvalue weighted by Crippen LogP contribution is -2.29. The largest absolute Gasteiger partial charge is 0.293 e. The summed E-state index contributed by atoms with van der Waals surface area (Å²) in [6.07, 6.45) is 11.9. The minimum atomic E-state index is 0.632. The zero-order valence-electron chi connectivity index (χ0n) is 9.34. The van der Waals surface area contributed by atoms with Crippen molar-refractivity contribution < 1.29 is 0 Å². The van der Waals surface area contributed by atoms with Gasteiger partial charge in [-0.25, -0.2) is 0 Å². The lowest BCUT2D eigenvalue weighted by molar-refractivity contribution is 0.269. The Kier molecular flexibility index (Phi) is 7.83. The molecule has 0 rings (SSSR count). The molecule has 0 aromatic heterocycles. The zero-order valence-corrected chi connectivity index (χ0v) is 9.34.